The van der Waals surface area contributed by atoms with E-state index in [2.05, 4.69) is 44.2 Å². The smallest absolute Gasteiger partial charge is 0.289 e. The van der Waals surface area contributed by atoms with Gasteiger partial charge < -0.3 is 23.5 Å². The zero-order chi connectivity index (χ0) is 25.5. The molecule has 0 N–H and O–H groups in total. The Labute approximate surface area is 214 Å². The fourth-order valence-electron chi connectivity index (χ4n) is 5.30. The summed E-state index contributed by atoms with van der Waals surface area (Å²) < 4.78 is 22.4. The summed E-state index contributed by atoms with van der Waals surface area (Å²) in [5, 5.41) is 0. The van der Waals surface area contributed by atoms with Crippen LogP contribution < -0.4 is 9.47 Å². The molecule has 1 aliphatic rings. The van der Waals surface area contributed by atoms with E-state index in [-0.39, 0.29) is 11.5 Å². The maximum Gasteiger partial charge on any atom is 0.289 e. The predicted octanol–water partition coefficient (Wildman–Crippen LogP) is 6.32. The van der Waals surface area contributed by atoms with Gasteiger partial charge in [-0.25, -0.2) is 0 Å². The molecule has 192 valence electrons. The number of carbonyl (C=O) groups is 1. The molecule has 1 amide bonds. The third kappa shape index (κ3) is 6.30. The maximum atomic E-state index is 13.5. The van der Waals surface area contributed by atoms with Gasteiger partial charge in [-0.3, -0.25) is 4.79 Å². The van der Waals surface area contributed by atoms with Gasteiger partial charge in [-0.2, -0.15) is 0 Å². The van der Waals surface area contributed by atoms with Crippen molar-refractivity contribution in [2.75, 3.05) is 27.4 Å². The van der Waals surface area contributed by atoms with Crippen LogP contribution in [0, 0.1) is 5.92 Å². The second kappa shape index (κ2) is 11.7. The van der Waals surface area contributed by atoms with Gasteiger partial charge in [0.25, 0.3) is 5.91 Å². The van der Waals surface area contributed by atoms with E-state index in [1.807, 2.05) is 23.1 Å². The molecule has 1 saturated heterocycles. The van der Waals surface area contributed by atoms with Gasteiger partial charge in [-0.1, -0.05) is 36.4 Å². The Morgan fingerprint density at radius 3 is 2.50 bits per heavy atom. The topological polar surface area (TPSA) is 61.1 Å². The molecule has 1 aromatic heterocycles. The first-order chi connectivity index (χ1) is 17.4. The Morgan fingerprint density at radius 2 is 1.83 bits per heavy atom. The SMILES string of the molecule is COc1ccc(CN(CC[C@H](c2ccccc2)[C@@H]2CCOC(C)(C)C2)C(=O)c2ccco2)cc1OC. The highest BCUT2D eigenvalue weighted by molar-refractivity contribution is 5.91. The zero-order valence-corrected chi connectivity index (χ0v) is 21.7. The number of carbonyl (C=O) groups excluding carboxylic acids is 1. The molecule has 6 nitrogen and oxygen atoms in total. The normalized spacial score (nSPS) is 17.8. The number of furan rings is 1. The van der Waals surface area contributed by atoms with Crippen LogP contribution in [0.4, 0.5) is 0 Å². The van der Waals surface area contributed by atoms with Crippen LogP contribution in [0.2, 0.25) is 0 Å². The van der Waals surface area contributed by atoms with E-state index in [9.17, 15) is 4.79 Å². The summed E-state index contributed by atoms with van der Waals surface area (Å²) in [5.74, 6) is 2.35. The molecular formula is C30H37NO5. The quantitative estimate of drug-likeness (QED) is 0.332. The van der Waals surface area contributed by atoms with Crippen molar-refractivity contribution >= 4 is 5.91 Å². The Kier molecular flexibility index (Phi) is 8.36. The fraction of sp³-hybridized carbons (Fsp3) is 0.433. The molecule has 1 fully saturated rings. The highest BCUT2D eigenvalue weighted by atomic mass is 16.5. The van der Waals surface area contributed by atoms with E-state index < -0.39 is 0 Å². The number of amides is 1. The molecular weight excluding hydrogens is 454 g/mol. The molecule has 0 bridgehead atoms. The molecule has 2 atom stereocenters. The summed E-state index contributed by atoms with van der Waals surface area (Å²) in [4.78, 5) is 15.3. The summed E-state index contributed by atoms with van der Waals surface area (Å²) in [6, 6.07) is 19.9. The Balaban J connectivity index is 1.58. The Hall–Kier alpha value is -3.25. The first-order valence-corrected chi connectivity index (χ1v) is 12.6. The van der Waals surface area contributed by atoms with Gasteiger partial charge in [-0.15, -0.1) is 0 Å². The number of rotatable bonds is 10. The fourth-order valence-corrected chi connectivity index (χ4v) is 5.30. The van der Waals surface area contributed by atoms with E-state index >= 15 is 0 Å². The lowest BCUT2D eigenvalue weighted by atomic mass is 9.75. The molecule has 3 aromatic rings. The van der Waals surface area contributed by atoms with Gasteiger partial charge in [-0.05, 0) is 80.3 Å². The predicted molar refractivity (Wildman–Crippen MR) is 140 cm³/mol. The van der Waals surface area contributed by atoms with E-state index in [1.165, 1.54) is 5.56 Å². The lowest BCUT2D eigenvalue weighted by Gasteiger charge is -2.40. The average molecular weight is 492 g/mol. The molecule has 2 aromatic carbocycles. The molecule has 0 saturated carbocycles. The number of nitrogens with zero attached hydrogens (tertiary/aromatic N) is 1. The van der Waals surface area contributed by atoms with Crippen molar-refractivity contribution in [2.45, 2.75) is 51.2 Å². The van der Waals surface area contributed by atoms with E-state index in [0.717, 1.165) is 31.4 Å². The average Bonchev–Trinajstić information content (AvgIpc) is 3.43. The lowest BCUT2D eigenvalue weighted by Crippen LogP contribution is -2.38. The molecule has 0 radical (unpaired) electrons. The number of methoxy groups -OCH3 is 2. The van der Waals surface area contributed by atoms with Crippen molar-refractivity contribution in [1.29, 1.82) is 0 Å². The van der Waals surface area contributed by atoms with Gasteiger partial charge in [0.05, 0.1) is 26.1 Å². The Morgan fingerprint density at radius 1 is 1.06 bits per heavy atom. The van der Waals surface area contributed by atoms with E-state index in [4.69, 9.17) is 18.6 Å². The van der Waals surface area contributed by atoms with Gasteiger partial charge in [0, 0.05) is 19.7 Å². The van der Waals surface area contributed by atoms with Crippen molar-refractivity contribution in [3.05, 3.63) is 83.8 Å². The van der Waals surface area contributed by atoms with Gasteiger partial charge >= 0.3 is 0 Å². The van der Waals surface area contributed by atoms with Crippen molar-refractivity contribution < 1.29 is 23.4 Å². The minimum absolute atomic E-state index is 0.117. The van der Waals surface area contributed by atoms with Crippen molar-refractivity contribution in [3.63, 3.8) is 0 Å². The molecule has 0 spiro atoms. The Bertz CT molecular complexity index is 1110. The molecule has 1 aliphatic heterocycles. The second-order valence-corrected chi connectivity index (χ2v) is 10.1. The summed E-state index contributed by atoms with van der Waals surface area (Å²) >= 11 is 0. The van der Waals surface area contributed by atoms with Gasteiger partial charge in [0.1, 0.15) is 0 Å². The second-order valence-electron chi connectivity index (χ2n) is 10.1. The highest BCUT2D eigenvalue weighted by Crippen LogP contribution is 2.40. The summed E-state index contributed by atoms with van der Waals surface area (Å²) in [7, 11) is 3.23. The van der Waals surface area contributed by atoms with E-state index in [0.29, 0.717) is 42.2 Å². The van der Waals surface area contributed by atoms with Crippen LogP contribution in [0.15, 0.2) is 71.3 Å². The monoisotopic (exact) mass is 491 g/mol. The molecule has 0 aliphatic carbocycles. The van der Waals surface area contributed by atoms with Crippen LogP contribution in [-0.2, 0) is 11.3 Å². The first kappa shape index (κ1) is 25.8. The number of hydrogen-bond acceptors (Lipinski definition) is 5. The lowest BCUT2D eigenvalue weighted by molar-refractivity contribution is -0.0774. The van der Waals surface area contributed by atoms with Crippen molar-refractivity contribution in [2.24, 2.45) is 5.92 Å². The minimum Gasteiger partial charge on any atom is -0.493 e. The summed E-state index contributed by atoms with van der Waals surface area (Å²) in [5.41, 5.74) is 2.15. The van der Waals surface area contributed by atoms with Gasteiger partial charge in [0.15, 0.2) is 17.3 Å². The maximum absolute atomic E-state index is 13.5. The third-order valence-electron chi connectivity index (χ3n) is 7.08. The minimum atomic E-state index is -0.140. The number of hydrogen-bond donors (Lipinski definition) is 0. The third-order valence-corrected chi connectivity index (χ3v) is 7.08. The summed E-state index contributed by atoms with van der Waals surface area (Å²) in [6.07, 6.45) is 4.41. The zero-order valence-electron chi connectivity index (χ0n) is 21.7. The first-order valence-electron chi connectivity index (χ1n) is 12.6. The molecule has 36 heavy (non-hydrogen) atoms. The van der Waals surface area contributed by atoms with Crippen LogP contribution >= 0.6 is 0 Å². The van der Waals surface area contributed by atoms with Gasteiger partial charge in [0.2, 0.25) is 0 Å². The van der Waals surface area contributed by atoms with Crippen LogP contribution in [-0.4, -0.2) is 43.8 Å². The molecule has 0 unspecified atom stereocenters. The highest BCUT2D eigenvalue weighted by Gasteiger charge is 2.34. The number of ether oxygens (including phenoxy) is 3. The van der Waals surface area contributed by atoms with Crippen molar-refractivity contribution in [1.82, 2.24) is 4.90 Å². The van der Waals surface area contributed by atoms with Crippen LogP contribution in [0.3, 0.4) is 0 Å². The molecule has 2 heterocycles. The largest absolute Gasteiger partial charge is 0.493 e. The molecule has 4 rings (SSSR count). The van der Waals surface area contributed by atoms with E-state index in [1.54, 1.807) is 32.6 Å². The number of benzene rings is 2. The summed E-state index contributed by atoms with van der Waals surface area (Å²) in [6.45, 7) is 6.16. The van der Waals surface area contributed by atoms with Crippen LogP contribution in [0.1, 0.15) is 60.7 Å². The van der Waals surface area contributed by atoms with Crippen LogP contribution in [0.5, 0.6) is 11.5 Å². The molecule has 6 heteroatoms. The van der Waals surface area contributed by atoms with Crippen molar-refractivity contribution in [3.8, 4) is 11.5 Å². The standard InChI is InChI=1S/C30H37NO5/c1-30(2)20-24(15-18-36-30)25(23-9-6-5-7-10-23)14-16-31(29(32)27-11-8-17-35-27)21-22-12-13-26(33-3)28(19-22)34-4/h5-13,17,19,24-25H,14-16,18,20-21H2,1-4H3/t24-,25-/m1/s1. The van der Waals surface area contributed by atoms with Crippen LogP contribution in [0.25, 0.3) is 0 Å².